The second-order valence-corrected chi connectivity index (χ2v) is 6.12. The van der Waals surface area contributed by atoms with Gasteiger partial charge >= 0.3 is 0 Å². The molecule has 1 saturated carbocycles. The maximum atomic E-state index is 12.2. The summed E-state index contributed by atoms with van der Waals surface area (Å²) in [6, 6.07) is 5.56. The minimum absolute atomic E-state index is 0.0458. The van der Waals surface area contributed by atoms with E-state index < -0.39 is 0 Å². The zero-order chi connectivity index (χ0) is 14.5. The van der Waals surface area contributed by atoms with Gasteiger partial charge in [-0.15, -0.1) is 0 Å². The molecule has 20 heavy (non-hydrogen) atoms. The number of rotatable bonds is 7. The van der Waals surface area contributed by atoms with Gasteiger partial charge < -0.3 is 5.32 Å². The van der Waals surface area contributed by atoms with Crippen LogP contribution in [-0.4, -0.2) is 30.4 Å². The number of amides is 1. The van der Waals surface area contributed by atoms with Gasteiger partial charge in [0.15, 0.2) is 0 Å². The van der Waals surface area contributed by atoms with E-state index in [9.17, 15) is 4.79 Å². The number of anilines is 1. The Morgan fingerprint density at radius 2 is 2.20 bits per heavy atom. The lowest BCUT2D eigenvalue weighted by molar-refractivity contribution is -0.117. The molecule has 0 saturated heterocycles. The van der Waals surface area contributed by atoms with Gasteiger partial charge in [-0.3, -0.25) is 9.69 Å². The molecule has 4 heteroatoms. The van der Waals surface area contributed by atoms with Crippen LogP contribution in [0.1, 0.15) is 31.7 Å². The van der Waals surface area contributed by atoms with Gasteiger partial charge in [0.05, 0.1) is 6.54 Å². The van der Waals surface area contributed by atoms with Gasteiger partial charge in [0.1, 0.15) is 0 Å². The van der Waals surface area contributed by atoms with Crippen molar-refractivity contribution >= 4 is 23.2 Å². The van der Waals surface area contributed by atoms with E-state index in [1.54, 1.807) is 6.07 Å². The molecule has 0 bridgehead atoms. The van der Waals surface area contributed by atoms with Gasteiger partial charge in [0, 0.05) is 17.3 Å². The van der Waals surface area contributed by atoms with Crippen molar-refractivity contribution in [3.05, 3.63) is 28.8 Å². The summed E-state index contributed by atoms with van der Waals surface area (Å²) in [5.41, 5.74) is 1.84. The first-order valence-corrected chi connectivity index (χ1v) is 7.74. The van der Waals surface area contributed by atoms with Gasteiger partial charge in [0.2, 0.25) is 5.91 Å². The Balaban J connectivity index is 1.90. The minimum atomic E-state index is 0.0458. The van der Waals surface area contributed by atoms with Crippen LogP contribution in [0.25, 0.3) is 0 Å². The predicted octanol–water partition coefficient (Wildman–Crippen LogP) is 3.71. The average molecular weight is 295 g/mol. The standard InChI is InChI=1S/C16H23ClN2O/c1-3-8-19(10-13-5-6-13)11-16(20)18-15-9-14(17)7-4-12(15)2/h4,7,9,13H,3,5-6,8,10-11H2,1-2H3,(H,18,20). The van der Waals surface area contributed by atoms with Crippen LogP contribution in [0.15, 0.2) is 18.2 Å². The smallest absolute Gasteiger partial charge is 0.238 e. The number of nitrogens with zero attached hydrogens (tertiary/aromatic N) is 1. The number of hydrogen-bond donors (Lipinski definition) is 1. The average Bonchev–Trinajstić information content (AvgIpc) is 3.18. The van der Waals surface area contributed by atoms with E-state index in [4.69, 9.17) is 11.6 Å². The van der Waals surface area contributed by atoms with E-state index in [-0.39, 0.29) is 5.91 Å². The zero-order valence-electron chi connectivity index (χ0n) is 12.3. The van der Waals surface area contributed by atoms with Gasteiger partial charge in [-0.1, -0.05) is 24.6 Å². The number of benzene rings is 1. The minimum Gasteiger partial charge on any atom is -0.325 e. The summed E-state index contributed by atoms with van der Waals surface area (Å²) < 4.78 is 0. The first-order chi connectivity index (χ1) is 9.58. The Kier molecular flexibility index (Phi) is 5.44. The highest BCUT2D eigenvalue weighted by Crippen LogP contribution is 2.29. The molecule has 3 nitrogen and oxygen atoms in total. The molecule has 1 aliphatic carbocycles. The number of carbonyl (C=O) groups is 1. The third-order valence-electron chi connectivity index (χ3n) is 3.59. The van der Waals surface area contributed by atoms with Gasteiger partial charge in [-0.05, 0) is 56.3 Å². The van der Waals surface area contributed by atoms with Gasteiger partial charge in [-0.25, -0.2) is 0 Å². The normalized spacial score (nSPS) is 14.6. The van der Waals surface area contributed by atoms with E-state index >= 15 is 0 Å². The molecule has 0 heterocycles. The molecule has 0 atom stereocenters. The summed E-state index contributed by atoms with van der Waals surface area (Å²) in [5.74, 6) is 0.853. The van der Waals surface area contributed by atoms with E-state index in [1.807, 2.05) is 19.1 Å². The lowest BCUT2D eigenvalue weighted by atomic mass is 10.2. The van der Waals surface area contributed by atoms with Crippen LogP contribution >= 0.6 is 11.6 Å². The fourth-order valence-electron chi connectivity index (χ4n) is 2.34. The monoisotopic (exact) mass is 294 g/mol. The fraction of sp³-hybridized carbons (Fsp3) is 0.562. The summed E-state index contributed by atoms with van der Waals surface area (Å²) in [6.45, 7) is 6.63. The maximum Gasteiger partial charge on any atom is 0.238 e. The Bertz CT molecular complexity index is 472. The summed E-state index contributed by atoms with van der Waals surface area (Å²) in [5, 5.41) is 3.62. The van der Waals surface area contributed by atoms with Crippen LogP contribution < -0.4 is 5.32 Å². The van der Waals surface area contributed by atoms with Crippen molar-refractivity contribution in [1.82, 2.24) is 4.90 Å². The van der Waals surface area contributed by atoms with Gasteiger partial charge in [0.25, 0.3) is 0 Å². The largest absolute Gasteiger partial charge is 0.325 e. The number of carbonyl (C=O) groups excluding carboxylic acids is 1. The van der Waals surface area contributed by atoms with Crippen LogP contribution in [0.4, 0.5) is 5.69 Å². The van der Waals surface area contributed by atoms with Crippen LogP contribution in [0, 0.1) is 12.8 Å². The Hall–Kier alpha value is -1.06. The first-order valence-electron chi connectivity index (χ1n) is 7.37. The van der Waals surface area contributed by atoms with Crippen molar-refractivity contribution in [3.8, 4) is 0 Å². The summed E-state index contributed by atoms with van der Waals surface area (Å²) in [6.07, 6.45) is 3.71. The molecule has 1 fully saturated rings. The van der Waals surface area contributed by atoms with Crippen LogP contribution in [0.2, 0.25) is 5.02 Å². The maximum absolute atomic E-state index is 12.2. The zero-order valence-corrected chi connectivity index (χ0v) is 13.0. The fourth-order valence-corrected chi connectivity index (χ4v) is 2.51. The molecule has 1 aromatic rings. The van der Waals surface area contributed by atoms with Crippen molar-refractivity contribution in [2.45, 2.75) is 33.1 Å². The number of hydrogen-bond acceptors (Lipinski definition) is 2. The molecule has 0 aromatic heterocycles. The summed E-state index contributed by atoms with van der Waals surface area (Å²) in [7, 11) is 0. The Morgan fingerprint density at radius 3 is 2.85 bits per heavy atom. The van der Waals surface area contributed by atoms with Crippen LogP contribution in [0.3, 0.4) is 0 Å². The molecule has 1 aromatic carbocycles. The van der Waals surface area contributed by atoms with E-state index in [1.165, 1.54) is 12.8 Å². The highest BCUT2D eigenvalue weighted by atomic mass is 35.5. The molecule has 1 aliphatic rings. The molecule has 0 spiro atoms. The molecule has 0 unspecified atom stereocenters. The van der Waals surface area contributed by atoms with Crippen LogP contribution in [-0.2, 0) is 4.79 Å². The molecule has 1 amide bonds. The predicted molar refractivity (Wildman–Crippen MR) is 84.3 cm³/mol. The molecule has 1 N–H and O–H groups in total. The van der Waals surface area contributed by atoms with Crippen molar-refractivity contribution < 1.29 is 4.79 Å². The van der Waals surface area contributed by atoms with Crippen molar-refractivity contribution in [2.75, 3.05) is 25.0 Å². The summed E-state index contributed by atoms with van der Waals surface area (Å²) >= 11 is 5.97. The third kappa shape index (κ3) is 4.80. The molecule has 0 radical (unpaired) electrons. The highest BCUT2D eigenvalue weighted by molar-refractivity contribution is 6.31. The number of nitrogens with one attached hydrogen (secondary N) is 1. The number of aryl methyl sites for hydroxylation is 1. The molecular weight excluding hydrogens is 272 g/mol. The topological polar surface area (TPSA) is 32.3 Å². The van der Waals surface area contributed by atoms with E-state index in [0.717, 1.165) is 36.7 Å². The molecule has 2 rings (SSSR count). The quantitative estimate of drug-likeness (QED) is 0.831. The lowest BCUT2D eigenvalue weighted by Crippen LogP contribution is -2.35. The Morgan fingerprint density at radius 1 is 1.45 bits per heavy atom. The lowest BCUT2D eigenvalue weighted by Gasteiger charge is -2.21. The van der Waals surface area contributed by atoms with E-state index in [2.05, 4.69) is 17.1 Å². The van der Waals surface area contributed by atoms with Crippen molar-refractivity contribution in [3.63, 3.8) is 0 Å². The van der Waals surface area contributed by atoms with Crippen molar-refractivity contribution in [1.29, 1.82) is 0 Å². The highest BCUT2D eigenvalue weighted by Gasteiger charge is 2.24. The second kappa shape index (κ2) is 7.09. The first kappa shape index (κ1) is 15.3. The SMILES string of the molecule is CCCN(CC(=O)Nc1cc(Cl)ccc1C)CC1CC1. The molecule has 110 valence electrons. The Labute approximate surface area is 126 Å². The van der Waals surface area contributed by atoms with Crippen LogP contribution in [0.5, 0.6) is 0 Å². The molecule has 0 aliphatic heterocycles. The van der Waals surface area contributed by atoms with E-state index in [0.29, 0.717) is 11.6 Å². The second-order valence-electron chi connectivity index (χ2n) is 5.69. The third-order valence-corrected chi connectivity index (χ3v) is 3.83. The van der Waals surface area contributed by atoms with Crippen molar-refractivity contribution in [2.24, 2.45) is 5.92 Å². The summed E-state index contributed by atoms with van der Waals surface area (Å²) in [4.78, 5) is 14.4. The molecular formula is C16H23ClN2O. The number of halogens is 1. The van der Waals surface area contributed by atoms with Gasteiger partial charge in [-0.2, -0.15) is 0 Å².